The minimum atomic E-state index is -1.07. The lowest BCUT2D eigenvalue weighted by molar-refractivity contribution is 0.0662. The molecule has 0 unspecified atom stereocenters. The topological polar surface area (TPSA) is 59.7 Å². The molecule has 0 amide bonds. The molecule has 0 atom stereocenters. The van der Waals surface area contributed by atoms with E-state index in [0.29, 0.717) is 12.4 Å². The third-order valence-electron chi connectivity index (χ3n) is 3.05. The Labute approximate surface area is 114 Å². The summed E-state index contributed by atoms with van der Waals surface area (Å²) in [6, 6.07) is 1.41. The van der Waals surface area contributed by atoms with Crippen LogP contribution in [0, 0.1) is 0 Å². The fourth-order valence-electron chi connectivity index (χ4n) is 1.93. The van der Waals surface area contributed by atoms with Crippen LogP contribution in [0.15, 0.2) is 16.7 Å². The van der Waals surface area contributed by atoms with Gasteiger partial charge in [-0.25, -0.2) is 4.79 Å². The van der Waals surface area contributed by atoms with Crippen molar-refractivity contribution in [1.82, 2.24) is 0 Å². The average molecular weight is 268 g/mol. The van der Waals surface area contributed by atoms with E-state index >= 15 is 0 Å². The summed E-state index contributed by atoms with van der Waals surface area (Å²) >= 11 is 0. The van der Waals surface area contributed by atoms with E-state index in [1.54, 1.807) is 0 Å². The van der Waals surface area contributed by atoms with Crippen LogP contribution in [-0.2, 0) is 0 Å². The Morgan fingerprint density at radius 3 is 2.37 bits per heavy atom. The van der Waals surface area contributed by atoms with Crippen molar-refractivity contribution in [1.29, 1.82) is 0 Å². The van der Waals surface area contributed by atoms with Gasteiger partial charge in [0, 0.05) is 6.07 Å². The summed E-state index contributed by atoms with van der Waals surface area (Å²) < 4.78 is 10.3. The maximum Gasteiger partial charge on any atom is 0.371 e. The molecule has 19 heavy (non-hydrogen) atoms. The Morgan fingerprint density at radius 2 is 1.79 bits per heavy atom. The van der Waals surface area contributed by atoms with Crippen LogP contribution in [0.2, 0.25) is 0 Å². The number of hydrogen-bond acceptors (Lipinski definition) is 3. The van der Waals surface area contributed by atoms with E-state index in [1.165, 1.54) is 50.9 Å². The highest BCUT2D eigenvalue weighted by molar-refractivity contribution is 5.84. The number of aromatic carboxylic acids is 1. The minimum absolute atomic E-state index is 0.0778. The van der Waals surface area contributed by atoms with Gasteiger partial charge in [0.25, 0.3) is 0 Å². The van der Waals surface area contributed by atoms with Crippen LogP contribution in [0.25, 0.3) is 0 Å². The van der Waals surface area contributed by atoms with E-state index in [4.69, 9.17) is 14.3 Å². The summed E-state index contributed by atoms with van der Waals surface area (Å²) in [5.41, 5.74) is 0. The number of carboxylic acids is 1. The van der Waals surface area contributed by atoms with Gasteiger partial charge in [0.05, 0.1) is 6.61 Å². The van der Waals surface area contributed by atoms with Gasteiger partial charge in [0.1, 0.15) is 6.26 Å². The number of rotatable bonds is 11. The summed E-state index contributed by atoms with van der Waals surface area (Å²) in [5.74, 6) is -0.645. The highest BCUT2D eigenvalue weighted by atomic mass is 16.5. The molecule has 0 aromatic carbocycles. The predicted molar refractivity (Wildman–Crippen MR) is 73.8 cm³/mol. The molecular formula is C15H24O4. The van der Waals surface area contributed by atoms with E-state index < -0.39 is 5.97 Å². The Bertz CT molecular complexity index is 357. The van der Waals surface area contributed by atoms with Crippen LogP contribution in [0.4, 0.5) is 0 Å². The summed E-state index contributed by atoms with van der Waals surface area (Å²) in [5, 5.41) is 8.68. The van der Waals surface area contributed by atoms with Crippen molar-refractivity contribution >= 4 is 5.97 Å². The molecule has 0 aliphatic heterocycles. The van der Waals surface area contributed by atoms with Crippen molar-refractivity contribution in [2.45, 2.75) is 58.3 Å². The molecule has 0 aliphatic carbocycles. The zero-order valence-electron chi connectivity index (χ0n) is 11.7. The Balaban J connectivity index is 1.97. The van der Waals surface area contributed by atoms with E-state index in [1.807, 2.05) is 0 Å². The summed E-state index contributed by atoms with van der Waals surface area (Å²) in [7, 11) is 0. The van der Waals surface area contributed by atoms with Gasteiger partial charge < -0.3 is 14.3 Å². The molecule has 1 aromatic rings. The molecule has 1 N–H and O–H groups in total. The maximum atomic E-state index is 10.6. The first-order valence-electron chi connectivity index (χ1n) is 7.18. The zero-order chi connectivity index (χ0) is 13.9. The standard InChI is InChI=1S/C15H24O4/c1-2-3-4-5-6-7-8-9-10-18-13-11-14(15(16)17)19-12-13/h11-12H,2-10H2,1H3,(H,16,17). The quantitative estimate of drug-likeness (QED) is 0.600. The molecule has 0 saturated heterocycles. The molecule has 0 aliphatic rings. The van der Waals surface area contributed by atoms with Crippen LogP contribution in [0.1, 0.15) is 68.8 Å². The van der Waals surface area contributed by atoms with Gasteiger partial charge in [0.2, 0.25) is 5.76 Å². The zero-order valence-corrected chi connectivity index (χ0v) is 11.7. The molecular weight excluding hydrogens is 244 g/mol. The van der Waals surface area contributed by atoms with Crippen molar-refractivity contribution in [3.05, 3.63) is 18.1 Å². The van der Waals surface area contributed by atoms with E-state index in [0.717, 1.165) is 12.8 Å². The maximum absolute atomic E-state index is 10.6. The number of furan rings is 1. The highest BCUT2D eigenvalue weighted by Gasteiger charge is 2.09. The number of carbonyl (C=O) groups is 1. The van der Waals surface area contributed by atoms with E-state index in [-0.39, 0.29) is 5.76 Å². The minimum Gasteiger partial charge on any atom is -0.490 e. The number of carboxylic acid groups (broad SMARTS) is 1. The van der Waals surface area contributed by atoms with Crippen LogP contribution in [0.5, 0.6) is 5.75 Å². The second-order valence-corrected chi connectivity index (χ2v) is 4.78. The van der Waals surface area contributed by atoms with E-state index in [9.17, 15) is 4.79 Å². The Kier molecular flexibility index (Phi) is 7.78. The first-order chi connectivity index (χ1) is 9.24. The molecule has 1 aromatic heterocycles. The molecule has 0 bridgehead atoms. The first kappa shape index (κ1) is 15.6. The second kappa shape index (κ2) is 9.48. The lowest BCUT2D eigenvalue weighted by Crippen LogP contribution is -1.96. The first-order valence-corrected chi connectivity index (χ1v) is 7.18. The second-order valence-electron chi connectivity index (χ2n) is 4.78. The van der Waals surface area contributed by atoms with Crippen LogP contribution < -0.4 is 4.74 Å². The van der Waals surface area contributed by atoms with Crippen molar-refractivity contribution in [2.75, 3.05) is 6.61 Å². The summed E-state index contributed by atoms with van der Waals surface area (Å²) in [6.45, 7) is 2.84. The lowest BCUT2D eigenvalue weighted by Gasteiger charge is -2.03. The van der Waals surface area contributed by atoms with Crippen LogP contribution in [0.3, 0.4) is 0 Å². The summed E-state index contributed by atoms with van der Waals surface area (Å²) in [6.07, 6.45) is 11.4. The average Bonchev–Trinajstić information content (AvgIpc) is 2.86. The van der Waals surface area contributed by atoms with Gasteiger partial charge in [-0.05, 0) is 6.42 Å². The smallest absolute Gasteiger partial charge is 0.371 e. The fraction of sp³-hybridized carbons (Fsp3) is 0.667. The summed E-state index contributed by atoms with van der Waals surface area (Å²) in [4.78, 5) is 10.6. The number of ether oxygens (including phenoxy) is 1. The third kappa shape index (κ3) is 6.89. The Hall–Kier alpha value is -1.45. The van der Waals surface area contributed by atoms with Gasteiger partial charge >= 0.3 is 5.97 Å². The lowest BCUT2D eigenvalue weighted by atomic mass is 10.1. The largest absolute Gasteiger partial charge is 0.490 e. The third-order valence-corrected chi connectivity index (χ3v) is 3.05. The van der Waals surface area contributed by atoms with Gasteiger partial charge in [-0.2, -0.15) is 0 Å². The fourth-order valence-corrected chi connectivity index (χ4v) is 1.93. The molecule has 108 valence electrons. The van der Waals surface area contributed by atoms with Crippen molar-refractivity contribution in [2.24, 2.45) is 0 Å². The molecule has 0 radical (unpaired) electrons. The molecule has 1 rings (SSSR count). The van der Waals surface area contributed by atoms with Crippen molar-refractivity contribution in [3.63, 3.8) is 0 Å². The molecule has 0 fully saturated rings. The molecule has 4 nitrogen and oxygen atoms in total. The number of hydrogen-bond donors (Lipinski definition) is 1. The SMILES string of the molecule is CCCCCCCCCCOc1coc(C(=O)O)c1. The predicted octanol–water partition coefficient (Wildman–Crippen LogP) is 4.50. The molecule has 1 heterocycles. The molecule has 0 saturated carbocycles. The monoisotopic (exact) mass is 268 g/mol. The highest BCUT2D eigenvalue weighted by Crippen LogP contribution is 2.16. The normalized spacial score (nSPS) is 10.6. The van der Waals surface area contributed by atoms with Crippen LogP contribution in [-0.4, -0.2) is 17.7 Å². The van der Waals surface area contributed by atoms with Gasteiger partial charge in [-0.1, -0.05) is 51.9 Å². The van der Waals surface area contributed by atoms with Crippen molar-refractivity contribution in [3.8, 4) is 5.75 Å². The van der Waals surface area contributed by atoms with Crippen molar-refractivity contribution < 1.29 is 19.1 Å². The molecule has 4 heteroatoms. The van der Waals surface area contributed by atoms with Gasteiger partial charge in [-0.3, -0.25) is 0 Å². The van der Waals surface area contributed by atoms with Gasteiger partial charge in [0.15, 0.2) is 5.75 Å². The molecule has 0 spiro atoms. The van der Waals surface area contributed by atoms with Gasteiger partial charge in [-0.15, -0.1) is 0 Å². The Morgan fingerprint density at radius 1 is 1.16 bits per heavy atom. The number of unbranched alkanes of at least 4 members (excludes halogenated alkanes) is 7. The van der Waals surface area contributed by atoms with Crippen LogP contribution >= 0.6 is 0 Å². The van der Waals surface area contributed by atoms with E-state index in [2.05, 4.69) is 6.92 Å².